The number of allylic oxidation sites excluding steroid dienone is 4. The third-order valence-electron chi connectivity index (χ3n) is 1.44. The lowest BCUT2D eigenvalue weighted by Gasteiger charge is -1.94. The van der Waals surface area contributed by atoms with E-state index in [-0.39, 0.29) is 0 Å². The molecule has 0 rings (SSSR count). The summed E-state index contributed by atoms with van der Waals surface area (Å²) in [6, 6.07) is 0. The molecule has 62 valence electrons. The summed E-state index contributed by atoms with van der Waals surface area (Å²) in [5.74, 6) is 0. The molecule has 11 heavy (non-hydrogen) atoms. The number of aldehydes is 1. The van der Waals surface area contributed by atoms with Crippen LogP contribution in [0.2, 0.25) is 0 Å². The van der Waals surface area contributed by atoms with Crippen molar-refractivity contribution in [2.45, 2.75) is 33.6 Å². The fraction of sp³-hybridized carbons (Fsp3) is 0.500. The van der Waals surface area contributed by atoms with Gasteiger partial charge in [-0.25, -0.2) is 0 Å². The minimum Gasteiger partial charge on any atom is -0.299 e. The van der Waals surface area contributed by atoms with Gasteiger partial charge in [0.25, 0.3) is 0 Å². The zero-order valence-corrected chi connectivity index (χ0v) is 7.55. The summed E-state index contributed by atoms with van der Waals surface area (Å²) >= 11 is 0. The number of carbonyl (C=O) groups is 1. The second-order valence-electron chi connectivity index (χ2n) is 2.97. The van der Waals surface area contributed by atoms with Gasteiger partial charge in [0.2, 0.25) is 0 Å². The van der Waals surface area contributed by atoms with Gasteiger partial charge in [0, 0.05) is 0 Å². The molecule has 1 heteroatoms. The van der Waals surface area contributed by atoms with Gasteiger partial charge in [0.05, 0.1) is 0 Å². The Kier molecular flexibility index (Phi) is 5.44. The van der Waals surface area contributed by atoms with Crippen LogP contribution < -0.4 is 0 Å². The molecular formula is C10H16O. The first kappa shape index (κ1) is 10.2. The van der Waals surface area contributed by atoms with Crippen LogP contribution in [0.1, 0.15) is 33.6 Å². The number of carbonyl (C=O) groups excluding carboxylic acids is 1. The zero-order valence-electron chi connectivity index (χ0n) is 7.55. The lowest BCUT2D eigenvalue weighted by molar-refractivity contribution is -0.104. The summed E-state index contributed by atoms with van der Waals surface area (Å²) in [7, 11) is 0. The standard InChI is InChI=1S/C10H16O/c1-9(2)5-4-6-10(3)7-8-11/h5,7-8H,4,6H2,1-3H3/b10-7-/i8+2. The smallest absolute Gasteiger partial charge is 0.142 e. The molecule has 0 saturated heterocycles. The molecule has 0 radical (unpaired) electrons. The van der Waals surface area contributed by atoms with Crippen LogP contribution in [0.4, 0.5) is 0 Å². The molecule has 0 heterocycles. The van der Waals surface area contributed by atoms with Crippen LogP contribution in [0.3, 0.4) is 0 Å². The largest absolute Gasteiger partial charge is 0.299 e. The third kappa shape index (κ3) is 7.04. The van der Waals surface area contributed by atoms with E-state index in [1.54, 1.807) is 6.08 Å². The van der Waals surface area contributed by atoms with Crippen molar-refractivity contribution in [3.05, 3.63) is 23.3 Å². The van der Waals surface area contributed by atoms with E-state index in [4.69, 9.17) is 0 Å². The van der Waals surface area contributed by atoms with Gasteiger partial charge in [0.15, 0.2) is 0 Å². The van der Waals surface area contributed by atoms with Gasteiger partial charge >= 0.3 is 0 Å². The van der Waals surface area contributed by atoms with Crippen LogP contribution in [-0.2, 0) is 4.79 Å². The molecule has 0 bridgehead atoms. The van der Waals surface area contributed by atoms with E-state index in [0.29, 0.717) is 0 Å². The second kappa shape index (κ2) is 5.90. The lowest BCUT2D eigenvalue weighted by atomic mass is 10.1. The normalized spacial score (nSPS) is 11.0. The minimum atomic E-state index is 0.845. The van der Waals surface area contributed by atoms with Crippen molar-refractivity contribution in [2.24, 2.45) is 0 Å². The number of hydrogen-bond donors (Lipinski definition) is 0. The highest BCUT2D eigenvalue weighted by Gasteiger charge is 1.86. The van der Waals surface area contributed by atoms with Crippen LogP contribution in [0, 0.1) is 0 Å². The molecule has 0 saturated carbocycles. The van der Waals surface area contributed by atoms with Crippen LogP contribution >= 0.6 is 0 Å². The zero-order chi connectivity index (χ0) is 8.69. The summed E-state index contributed by atoms with van der Waals surface area (Å²) in [6.45, 7) is 6.14. The SMILES string of the molecule is CC(C)=CCC/C(C)=C\[14CH]=O. The second-order valence-corrected chi connectivity index (χ2v) is 2.97. The van der Waals surface area contributed by atoms with Gasteiger partial charge in [-0.1, -0.05) is 17.2 Å². The molecule has 0 aromatic heterocycles. The Morgan fingerprint density at radius 2 is 2.00 bits per heavy atom. The van der Waals surface area contributed by atoms with Crippen LogP contribution in [0.15, 0.2) is 23.3 Å². The molecule has 0 spiro atoms. The summed E-state index contributed by atoms with van der Waals surface area (Å²) < 4.78 is 0. The van der Waals surface area contributed by atoms with Gasteiger partial charge in [0.1, 0.15) is 6.29 Å². The molecule has 0 amide bonds. The fourth-order valence-electron chi connectivity index (χ4n) is 0.788. The Hall–Kier alpha value is -0.850. The Balaban J connectivity index is 3.63. The Morgan fingerprint density at radius 3 is 2.45 bits per heavy atom. The maximum atomic E-state index is 10.0. The van der Waals surface area contributed by atoms with Crippen molar-refractivity contribution in [1.82, 2.24) is 0 Å². The van der Waals surface area contributed by atoms with Gasteiger partial charge in [-0.3, -0.25) is 4.79 Å². The predicted octanol–water partition coefficient (Wildman–Crippen LogP) is 2.88. The molecule has 0 N–H and O–H groups in total. The summed E-state index contributed by atoms with van der Waals surface area (Å²) in [5.41, 5.74) is 2.49. The van der Waals surface area contributed by atoms with E-state index in [1.165, 1.54) is 5.57 Å². The van der Waals surface area contributed by atoms with E-state index in [2.05, 4.69) is 19.9 Å². The summed E-state index contributed by atoms with van der Waals surface area (Å²) in [6.07, 6.45) is 6.68. The summed E-state index contributed by atoms with van der Waals surface area (Å²) in [4.78, 5) is 10.0. The quantitative estimate of drug-likeness (QED) is 0.345. The third-order valence-corrected chi connectivity index (χ3v) is 1.44. The van der Waals surface area contributed by atoms with Crippen molar-refractivity contribution < 1.29 is 4.79 Å². The molecule has 1 nitrogen and oxygen atoms in total. The van der Waals surface area contributed by atoms with E-state index in [1.807, 2.05) is 6.92 Å². The van der Waals surface area contributed by atoms with Crippen LogP contribution in [0.5, 0.6) is 0 Å². The van der Waals surface area contributed by atoms with Crippen molar-refractivity contribution in [3.8, 4) is 0 Å². The Labute approximate surface area is 68.8 Å². The molecule has 0 aromatic carbocycles. The average Bonchev–Trinajstić information content (AvgIpc) is 1.87. The molecule has 0 fully saturated rings. The van der Waals surface area contributed by atoms with Gasteiger partial charge < -0.3 is 0 Å². The monoisotopic (exact) mass is 154 g/mol. The maximum absolute atomic E-state index is 10.0. The first-order chi connectivity index (χ1) is 5.16. The van der Waals surface area contributed by atoms with E-state index >= 15 is 0 Å². The highest BCUT2D eigenvalue weighted by Crippen LogP contribution is 2.05. The van der Waals surface area contributed by atoms with Gasteiger partial charge in [-0.2, -0.15) is 0 Å². The van der Waals surface area contributed by atoms with Crippen molar-refractivity contribution in [2.75, 3.05) is 0 Å². The topological polar surface area (TPSA) is 17.1 Å². The molecule has 0 aliphatic heterocycles. The van der Waals surface area contributed by atoms with Crippen molar-refractivity contribution in [3.63, 3.8) is 0 Å². The highest BCUT2D eigenvalue weighted by molar-refractivity contribution is 5.65. The fourth-order valence-corrected chi connectivity index (χ4v) is 0.788. The van der Waals surface area contributed by atoms with Crippen LogP contribution in [-0.4, -0.2) is 6.29 Å². The number of rotatable bonds is 4. The lowest BCUT2D eigenvalue weighted by Crippen LogP contribution is -1.77. The van der Waals surface area contributed by atoms with E-state index in [9.17, 15) is 4.79 Å². The Morgan fingerprint density at radius 1 is 1.36 bits per heavy atom. The molecule has 0 aromatic rings. The Bertz CT molecular complexity index is 171. The van der Waals surface area contributed by atoms with Gasteiger partial charge in [-0.15, -0.1) is 0 Å². The summed E-state index contributed by atoms with van der Waals surface area (Å²) in [5, 5.41) is 0. The first-order valence-electron chi connectivity index (χ1n) is 3.91. The van der Waals surface area contributed by atoms with Crippen molar-refractivity contribution >= 4 is 6.29 Å². The minimum absolute atomic E-state index is 0.845. The average molecular weight is 154 g/mol. The van der Waals surface area contributed by atoms with Gasteiger partial charge in [-0.05, 0) is 39.7 Å². The molecule has 0 aliphatic rings. The highest BCUT2D eigenvalue weighted by atomic mass is 16.2. The molecular weight excluding hydrogens is 138 g/mol. The number of hydrogen-bond acceptors (Lipinski definition) is 1. The molecule has 0 unspecified atom stereocenters. The molecule has 0 aliphatic carbocycles. The van der Waals surface area contributed by atoms with Crippen molar-refractivity contribution in [1.29, 1.82) is 0 Å². The molecule has 0 atom stereocenters. The van der Waals surface area contributed by atoms with Crippen LogP contribution in [0.25, 0.3) is 0 Å². The van der Waals surface area contributed by atoms with E-state index in [0.717, 1.165) is 24.7 Å². The predicted molar refractivity (Wildman–Crippen MR) is 48.5 cm³/mol. The van der Waals surface area contributed by atoms with E-state index < -0.39 is 0 Å². The first-order valence-corrected chi connectivity index (χ1v) is 3.91. The maximum Gasteiger partial charge on any atom is 0.142 e.